The first-order chi connectivity index (χ1) is 11.1. The maximum atomic E-state index is 12.5. The van der Waals surface area contributed by atoms with Crippen LogP contribution in [0.4, 0.5) is 0 Å². The predicted molar refractivity (Wildman–Crippen MR) is 79.7 cm³/mol. The molecule has 0 aliphatic carbocycles. The highest BCUT2D eigenvalue weighted by atomic mass is 16.5. The summed E-state index contributed by atoms with van der Waals surface area (Å²) in [4.78, 5) is 20.8. The van der Waals surface area contributed by atoms with Crippen LogP contribution in [-0.2, 0) is 4.74 Å². The van der Waals surface area contributed by atoms with Crippen molar-refractivity contribution in [3.63, 3.8) is 0 Å². The number of aromatic nitrogens is 4. The first-order valence-electron chi connectivity index (χ1n) is 7.22. The molecule has 1 saturated heterocycles. The van der Waals surface area contributed by atoms with Crippen molar-refractivity contribution >= 4 is 11.2 Å². The Bertz CT molecular complexity index is 770. The van der Waals surface area contributed by atoms with Gasteiger partial charge in [0, 0.05) is 6.42 Å². The molecule has 1 aliphatic rings. The molecule has 3 rings (SSSR count). The normalized spacial score (nSPS) is 25.8. The van der Waals surface area contributed by atoms with E-state index in [9.17, 15) is 15.0 Å². The lowest BCUT2D eigenvalue weighted by atomic mass is 10.2. The van der Waals surface area contributed by atoms with Crippen LogP contribution in [0.5, 0.6) is 0 Å². The average molecular weight is 322 g/mol. The van der Waals surface area contributed by atoms with E-state index in [-0.39, 0.29) is 25.2 Å². The van der Waals surface area contributed by atoms with Crippen molar-refractivity contribution in [3.8, 4) is 0 Å². The summed E-state index contributed by atoms with van der Waals surface area (Å²) in [7, 11) is 0. The SMILES string of the molecule is C=C[C@@H](CO)n1cnc2c(ncn2[C@H]2C[C@H](O)[C@@H](CO)O2)c1=O. The summed E-state index contributed by atoms with van der Waals surface area (Å²) in [6, 6.07) is -0.576. The standard InChI is InChI=1S/C14H18N4O5/c1-2-8(4-19)17-7-16-13-12(14(17)22)15-6-18(13)11-3-9(21)10(5-20)23-11/h2,6-11,19-21H,1,3-5H2/t8-,9-,10+,11+/m0/s1. The second kappa shape index (κ2) is 6.20. The van der Waals surface area contributed by atoms with Crippen LogP contribution in [0.1, 0.15) is 18.7 Å². The van der Waals surface area contributed by atoms with Crippen molar-refractivity contribution < 1.29 is 20.1 Å². The Morgan fingerprint density at radius 3 is 2.83 bits per heavy atom. The van der Waals surface area contributed by atoms with Crippen LogP contribution in [0.2, 0.25) is 0 Å². The van der Waals surface area contributed by atoms with Gasteiger partial charge in [-0.15, -0.1) is 6.58 Å². The maximum absolute atomic E-state index is 12.5. The molecule has 23 heavy (non-hydrogen) atoms. The van der Waals surface area contributed by atoms with E-state index in [1.807, 2.05) is 0 Å². The van der Waals surface area contributed by atoms with Crippen LogP contribution >= 0.6 is 0 Å². The molecule has 3 N–H and O–H groups in total. The largest absolute Gasteiger partial charge is 0.394 e. The number of nitrogens with zero attached hydrogens (tertiary/aromatic N) is 4. The van der Waals surface area contributed by atoms with Gasteiger partial charge in [0.1, 0.15) is 18.7 Å². The van der Waals surface area contributed by atoms with Gasteiger partial charge in [0.15, 0.2) is 11.2 Å². The van der Waals surface area contributed by atoms with Gasteiger partial charge in [-0.05, 0) is 0 Å². The van der Waals surface area contributed by atoms with Crippen LogP contribution in [0.25, 0.3) is 11.2 Å². The number of hydrogen-bond acceptors (Lipinski definition) is 7. The first kappa shape index (κ1) is 15.8. The van der Waals surface area contributed by atoms with E-state index in [1.165, 1.54) is 23.3 Å². The minimum atomic E-state index is -0.789. The Kier molecular flexibility index (Phi) is 4.26. The Hall–Kier alpha value is -2.07. The van der Waals surface area contributed by atoms with Crippen molar-refractivity contribution in [2.45, 2.75) is 30.9 Å². The number of imidazole rings is 1. The lowest BCUT2D eigenvalue weighted by Gasteiger charge is -2.15. The van der Waals surface area contributed by atoms with Crippen molar-refractivity contribution in [1.29, 1.82) is 0 Å². The molecule has 0 bridgehead atoms. The zero-order chi connectivity index (χ0) is 16.6. The molecular formula is C14H18N4O5. The van der Waals surface area contributed by atoms with Gasteiger partial charge in [0.2, 0.25) is 0 Å². The number of aliphatic hydroxyl groups excluding tert-OH is 3. The molecule has 9 heteroatoms. The Balaban J connectivity index is 2.01. The van der Waals surface area contributed by atoms with E-state index in [0.29, 0.717) is 5.65 Å². The molecule has 1 fully saturated rings. The molecule has 124 valence electrons. The van der Waals surface area contributed by atoms with E-state index < -0.39 is 30.0 Å². The molecule has 0 spiro atoms. The van der Waals surface area contributed by atoms with Gasteiger partial charge >= 0.3 is 0 Å². The predicted octanol–water partition coefficient (Wildman–Crippen LogP) is -1.05. The fourth-order valence-electron chi connectivity index (χ4n) is 2.70. The lowest BCUT2D eigenvalue weighted by Crippen LogP contribution is -2.26. The van der Waals surface area contributed by atoms with Gasteiger partial charge in [-0.2, -0.15) is 0 Å². The fraction of sp³-hybridized carbons (Fsp3) is 0.500. The summed E-state index contributed by atoms with van der Waals surface area (Å²) >= 11 is 0. The second-order valence-corrected chi connectivity index (χ2v) is 5.38. The van der Waals surface area contributed by atoms with Gasteiger partial charge in [0.05, 0.1) is 31.7 Å². The number of aliphatic hydroxyl groups is 3. The lowest BCUT2D eigenvalue weighted by molar-refractivity contribution is -0.0432. The van der Waals surface area contributed by atoms with Crippen LogP contribution in [0, 0.1) is 0 Å². The molecule has 0 saturated carbocycles. The molecule has 0 aromatic carbocycles. The smallest absolute Gasteiger partial charge is 0.282 e. The molecule has 2 aromatic rings. The molecule has 0 amide bonds. The topological polar surface area (TPSA) is 123 Å². The summed E-state index contributed by atoms with van der Waals surface area (Å²) in [6.45, 7) is 3.02. The van der Waals surface area contributed by atoms with E-state index >= 15 is 0 Å². The third-order valence-corrected chi connectivity index (χ3v) is 4.02. The van der Waals surface area contributed by atoms with Crippen molar-refractivity contribution in [3.05, 3.63) is 35.7 Å². The number of hydrogen-bond donors (Lipinski definition) is 3. The highest BCUT2D eigenvalue weighted by molar-refractivity contribution is 5.69. The summed E-state index contributed by atoms with van der Waals surface area (Å²) in [5.74, 6) is 0. The minimum absolute atomic E-state index is 0.137. The highest BCUT2D eigenvalue weighted by Crippen LogP contribution is 2.30. The third-order valence-electron chi connectivity index (χ3n) is 4.02. The maximum Gasteiger partial charge on any atom is 0.282 e. The molecule has 0 unspecified atom stereocenters. The monoisotopic (exact) mass is 322 g/mol. The number of fused-ring (bicyclic) bond motifs is 1. The summed E-state index contributed by atoms with van der Waals surface area (Å²) in [6.07, 6.45) is 2.45. The van der Waals surface area contributed by atoms with Crippen molar-refractivity contribution in [2.75, 3.05) is 13.2 Å². The zero-order valence-electron chi connectivity index (χ0n) is 12.3. The first-order valence-corrected chi connectivity index (χ1v) is 7.22. The quantitative estimate of drug-likeness (QED) is 0.600. The highest BCUT2D eigenvalue weighted by Gasteiger charge is 2.35. The molecule has 9 nitrogen and oxygen atoms in total. The Morgan fingerprint density at radius 2 is 2.22 bits per heavy atom. The Morgan fingerprint density at radius 1 is 1.43 bits per heavy atom. The van der Waals surface area contributed by atoms with Crippen LogP contribution < -0.4 is 5.56 Å². The summed E-state index contributed by atoms with van der Waals surface area (Å²) < 4.78 is 8.37. The number of rotatable bonds is 5. The summed E-state index contributed by atoms with van der Waals surface area (Å²) in [5.41, 5.74) is 0.0612. The molecule has 2 aromatic heterocycles. The molecular weight excluding hydrogens is 304 g/mol. The molecule has 0 radical (unpaired) electrons. The average Bonchev–Trinajstić information content (AvgIpc) is 3.14. The van der Waals surface area contributed by atoms with Crippen LogP contribution in [0.15, 0.2) is 30.1 Å². The van der Waals surface area contributed by atoms with E-state index in [1.54, 1.807) is 4.57 Å². The van der Waals surface area contributed by atoms with Crippen molar-refractivity contribution in [2.24, 2.45) is 0 Å². The van der Waals surface area contributed by atoms with Gasteiger partial charge < -0.3 is 20.1 Å². The fourth-order valence-corrected chi connectivity index (χ4v) is 2.70. The van der Waals surface area contributed by atoms with E-state index in [2.05, 4.69) is 16.5 Å². The molecule has 3 heterocycles. The Labute approximate surface area is 131 Å². The second-order valence-electron chi connectivity index (χ2n) is 5.38. The molecule has 4 atom stereocenters. The van der Waals surface area contributed by atoms with E-state index in [0.717, 1.165) is 0 Å². The van der Waals surface area contributed by atoms with Gasteiger partial charge in [-0.3, -0.25) is 13.9 Å². The summed E-state index contributed by atoms with van der Waals surface area (Å²) in [5, 5.41) is 28.3. The van der Waals surface area contributed by atoms with Gasteiger partial charge in [-0.1, -0.05) is 6.08 Å². The minimum Gasteiger partial charge on any atom is -0.394 e. The number of ether oxygens (including phenoxy) is 1. The van der Waals surface area contributed by atoms with Crippen molar-refractivity contribution in [1.82, 2.24) is 19.1 Å². The van der Waals surface area contributed by atoms with Crippen LogP contribution in [-0.4, -0.2) is 59.8 Å². The molecule has 1 aliphatic heterocycles. The third kappa shape index (κ3) is 2.57. The van der Waals surface area contributed by atoms with Crippen LogP contribution in [0.3, 0.4) is 0 Å². The van der Waals surface area contributed by atoms with E-state index in [4.69, 9.17) is 9.84 Å². The van der Waals surface area contributed by atoms with Gasteiger partial charge in [0.25, 0.3) is 5.56 Å². The van der Waals surface area contributed by atoms with Gasteiger partial charge in [-0.25, -0.2) is 9.97 Å². The zero-order valence-corrected chi connectivity index (χ0v) is 12.3.